The first-order valence-corrected chi connectivity index (χ1v) is 10.7. The minimum Gasteiger partial charge on any atom is -0.467 e. The molecule has 0 saturated carbocycles. The molecule has 3 heterocycles. The van der Waals surface area contributed by atoms with E-state index in [0.29, 0.717) is 31.4 Å². The van der Waals surface area contributed by atoms with E-state index in [1.54, 1.807) is 11.3 Å². The molecule has 2 fully saturated rings. The number of hydrogen-bond donors (Lipinski definition) is 1. The molecule has 2 aromatic rings. The number of hydrogen-bond acceptors (Lipinski definition) is 6. The molecule has 4 amide bonds. The number of ether oxygens (including phenoxy) is 1. The molecule has 2 aliphatic rings. The molecule has 1 N–H and O–H groups in total. The lowest BCUT2D eigenvalue weighted by molar-refractivity contribution is -0.133. The molecule has 4 rings (SSSR count). The number of para-hydroxylation sites is 1. The van der Waals surface area contributed by atoms with Gasteiger partial charge in [-0.25, -0.2) is 9.78 Å². The molecule has 0 unspecified atom stereocenters. The number of carbonyl (C=O) groups excluding carboxylic acids is 3. The van der Waals surface area contributed by atoms with Gasteiger partial charge in [0.2, 0.25) is 11.8 Å². The van der Waals surface area contributed by atoms with Crippen molar-refractivity contribution >= 4 is 39.4 Å². The summed E-state index contributed by atoms with van der Waals surface area (Å²) in [5.74, 6) is -0.230. The van der Waals surface area contributed by atoms with Crippen LogP contribution in [0.3, 0.4) is 0 Å². The van der Waals surface area contributed by atoms with Crippen LogP contribution in [0.2, 0.25) is 0 Å². The summed E-state index contributed by atoms with van der Waals surface area (Å²) in [6.45, 7) is 4.02. The number of carbonyl (C=O) groups is 3. The largest absolute Gasteiger partial charge is 0.467 e. The van der Waals surface area contributed by atoms with Crippen molar-refractivity contribution in [2.45, 2.75) is 38.7 Å². The van der Waals surface area contributed by atoms with E-state index in [2.05, 4.69) is 10.3 Å². The number of aromatic nitrogens is 1. The Bertz CT molecular complexity index is 936. The Hall–Kier alpha value is -2.68. The number of rotatable bonds is 5. The molecule has 0 radical (unpaired) electrons. The number of benzene rings is 1. The first-order chi connectivity index (χ1) is 14.0. The number of urea groups is 1. The molecule has 0 atom stereocenters. The van der Waals surface area contributed by atoms with Gasteiger partial charge in [-0.3, -0.25) is 14.9 Å². The molecular weight excluding hydrogens is 392 g/mol. The number of likely N-dealkylation sites (tertiary alicyclic amines) is 1. The molecule has 154 valence electrons. The predicted octanol–water partition coefficient (Wildman–Crippen LogP) is 2.31. The van der Waals surface area contributed by atoms with Crippen LogP contribution in [0, 0.1) is 6.92 Å². The number of aryl methyl sites for hydroxylation is 1. The second kappa shape index (κ2) is 8.36. The van der Waals surface area contributed by atoms with Crippen LogP contribution in [0.1, 0.15) is 31.2 Å². The second-order valence-corrected chi connectivity index (χ2v) is 8.43. The number of amides is 4. The average Bonchev–Trinajstić information content (AvgIpc) is 3.11. The number of imide groups is 1. The molecule has 0 bridgehead atoms. The maximum absolute atomic E-state index is 12.5. The van der Waals surface area contributed by atoms with Crippen molar-refractivity contribution in [3.05, 3.63) is 23.8 Å². The van der Waals surface area contributed by atoms with E-state index in [9.17, 15) is 14.4 Å². The van der Waals surface area contributed by atoms with Crippen molar-refractivity contribution in [3.63, 3.8) is 0 Å². The van der Waals surface area contributed by atoms with E-state index in [1.165, 1.54) is 4.90 Å². The van der Waals surface area contributed by atoms with Gasteiger partial charge < -0.3 is 14.5 Å². The maximum atomic E-state index is 12.5. The number of thiazole rings is 1. The molecule has 0 spiro atoms. The zero-order valence-corrected chi connectivity index (χ0v) is 17.2. The highest BCUT2D eigenvalue weighted by molar-refractivity contribution is 7.20. The normalized spacial score (nSPS) is 18.2. The highest BCUT2D eigenvalue weighted by Crippen LogP contribution is 2.31. The van der Waals surface area contributed by atoms with Crippen LogP contribution in [0.4, 0.5) is 4.79 Å². The Morgan fingerprint density at radius 1 is 1.28 bits per heavy atom. The van der Waals surface area contributed by atoms with Crippen molar-refractivity contribution < 1.29 is 19.1 Å². The molecule has 9 heteroatoms. The predicted molar refractivity (Wildman–Crippen MR) is 109 cm³/mol. The first kappa shape index (κ1) is 19.6. The molecular formula is C20H24N4O4S. The van der Waals surface area contributed by atoms with Crippen LogP contribution in [0.25, 0.3) is 10.2 Å². The lowest BCUT2D eigenvalue weighted by Gasteiger charge is -2.32. The highest BCUT2D eigenvalue weighted by Gasteiger charge is 2.27. The lowest BCUT2D eigenvalue weighted by Crippen LogP contribution is -2.50. The minimum atomic E-state index is -0.410. The van der Waals surface area contributed by atoms with Crippen LogP contribution in [-0.2, 0) is 9.59 Å². The molecule has 2 saturated heterocycles. The third kappa shape index (κ3) is 4.50. The standard InChI is InChI=1S/C20H24N4O4S/c1-13-3-2-4-15-18(13)22-20(29-15)28-14-5-9-23(10-6-14)17(26)8-12-24-11-7-16(25)21-19(24)27/h2-4,14H,5-12H2,1H3,(H,21,25,27). The third-order valence-corrected chi connectivity index (χ3v) is 6.31. The van der Waals surface area contributed by atoms with Gasteiger partial charge in [-0.1, -0.05) is 23.5 Å². The Labute approximate surface area is 172 Å². The van der Waals surface area contributed by atoms with Gasteiger partial charge >= 0.3 is 6.03 Å². The summed E-state index contributed by atoms with van der Waals surface area (Å²) in [6, 6.07) is 5.70. The van der Waals surface area contributed by atoms with Crippen LogP contribution >= 0.6 is 11.3 Å². The second-order valence-electron chi connectivity index (χ2n) is 7.44. The summed E-state index contributed by atoms with van der Waals surface area (Å²) in [7, 11) is 0. The van der Waals surface area contributed by atoms with Gasteiger partial charge in [0.15, 0.2) is 0 Å². The van der Waals surface area contributed by atoms with Gasteiger partial charge in [-0.05, 0) is 18.6 Å². The number of piperidine rings is 1. The molecule has 0 aliphatic carbocycles. The van der Waals surface area contributed by atoms with Crippen molar-refractivity contribution in [3.8, 4) is 5.19 Å². The van der Waals surface area contributed by atoms with Gasteiger partial charge in [0.1, 0.15) is 6.10 Å². The zero-order valence-electron chi connectivity index (χ0n) is 16.3. The molecule has 1 aromatic heterocycles. The van der Waals surface area contributed by atoms with Crippen LogP contribution in [0.5, 0.6) is 5.19 Å². The minimum absolute atomic E-state index is 0.0313. The highest BCUT2D eigenvalue weighted by atomic mass is 32.1. The van der Waals surface area contributed by atoms with Crippen molar-refractivity contribution in [2.75, 3.05) is 26.2 Å². The summed E-state index contributed by atoms with van der Waals surface area (Å²) in [6.07, 6.45) is 2.13. The van der Waals surface area contributed by atoms with E-state index in [1.807, 2.05) is 30.0 Å². The molecule has 1 aromatic carbocycles. The molecule has 2 aliphatic heterocycles. The van der Waals surface area contributed by atoms with E-state index in [0.717, 1.165) is 28.6 Å². The lowest BCUT2D eigenvalue weighted by atomic mass is 10.1. The van der Waals surface area contributed by atoms with Gasteiger partial charge in [-0.2, -0.15) is 0 Å². The Kier molecular flexibility index (Phi) is 5.66. The Morgan fingerprint density at radius 3 is 2.79 bits per heavy atom. The van der Waals surface area contributed by atoms with Crippen LogP contribution in [0.15, 0.2) is 18.2 Å². The Morgan fingerprint density at radius 2 is 2.07 bits per heavy atom. The van der Waals surface area contributed by atoms with Crippen molar-refractivity contribution in [1.29, 1.82) is 0 Å². The average molecular weight is 417 g/mol. The summed E-state index contributed by atoms with van der Waals surface area (Å²) < 4.78 is 7.20. The SMILES string of the molecule is Cc1cccc2sc(OC3CCN(C(=O)CCN4CCC(=O)NC4=O)CC3)nc12. The fourth-order valence-corrected chi connectivity index (χ4v) is 4.64. The quantitative estimate of drug-likeness (QED) is 0.808. The number of nitrogens with zero attached hydrogens (tertiary/aromatic N) is 3. The topological polar surface area (TPSA) is 91.8 Å². The van der Waals surface area contributed by atoms with E-state index in [4.69, 9.17) is 4.74 Å². The van der Waals surface area contributed by atoms with Crippen molar-refractivity contribution in [1.82, 2.24) is 20.1 Å². The van der Waals surface area contributed by atoms with Gasteiger partial charge in [0.25, 0.3) is 5.19 Å². The summed E-state index contributed by atoms with van der Waals surface area (Å²) in [5.41, 5.74) is 2.13. The maximum Gasteiger partial charge on any atom is 0.324 e. The monoisotopic (exact) mass is 416 g/mol. The van der Waals surface area contributed by atoms with E-state index < -0.39 is 6.03 Å². The third-order valence-electron chi connectivity index (χ3n) is 5.40. The summed E-state index contributed by atoms with van der Waals surface area (Å²) >= 11 is 1.56. The summed E-state index contributed by atoms with van der Waals surface area (Å²) in [5, 5.41) is 2.96. The summed E-state index contributed by atoms with van der Waals surface area (Å²) in [4.78, 5) is 43.4. The number of nitrogens with one attached hydrogen (secondary N) is 1. The Balaban J connectivity index is 1.24. The van der Waals surface area contributed by atoms with Gasteiger partial charge in [0.05, 0.1) is 10.2 Å². The van der Waals surface area contributed by atoms with Crippen molar-refractivity contribution in [2.24, 2.45) is 0 Å². The number of fused-ring (bicyclic) bond motifs is 1. The fourth-order valence-electron chi connectivity index (χ4n) is 3.68. The van der Waals surface area contributed by atoms with Crippen LogP contribution < -0.4 is 10.1 Å². The first-order valence-electron chi connectivity index (χ1n) is 9.89. The van der Waals surface area contributed by atoms with Gasteiger partial charge in [0, 0.05) is 51.9 Å². The van der Waals surface area contributed by atoms with Crippen LogP contribution in [-0.4, -0.2) is 64.9 Å². The zero-order chi connectivity index (χ0) is 20.4. The smallest absolute Gasteiger partial charge is 0.324 e. The van der Waals surface area contributed by atoms with Gasteiger partial charge in [-0.15, -0.1) is 0 Å². The van der Waals surface area contributed by atoms with E-state index >= 15 is 0 Å². The fraction of sp³-hybridized carbons (Fsp3) is 0.500. The van der Waals surface area contributed by atoms with E-state index in [-0.39, 0.29) is 30.8 Å². The molecule has 29 heavy (non-hydrogen) atoms. The molecule has 8 nitrogen and oxygen atoms in total.